The summed E-state index contributed by atoms with van der Waals surface area (Å²) in [6.07, 6.45) is -4.41. The Balaban J connectivity index is 2.13. The Morgan fingerprint density at radius 2 is 2.05 bits per heavy atom. The van der Waals surface area contributed by atoms with E-state index < -0.39 is 12.6 Å². The highest BCUT2D eigenvalue weighted by molar-refractivity contribution is 5.84. The third-order valence-corrected chi connectivity index (χ3v) is 3.16. The summed E-state index contributed by atoms with van der Waals surface area (Å²) in [7, 11) is 0. The Morgan fingerprint density at radius 3 is 2.71 bits per heavy atom. The van der Waals surface area contributed by atoms with E-state index in [0.29, 0.717) is 36.8 Å². The predicted octanol–water partition coefficient (Wildman–Crippen LogP) is 3.75. The van der Waals surface area contributed by atoms with Crippen molar-refractivity contribution in [3.8, 4) is 5.75 Å². The van der Waals surface area contributed by atoms with Crippen LogP contribution in [0.5, 0.6) is 5.75 Å². The van der Waals surface area contributed by atoms with Crippen molar-refractivity contribution in [2.45, 2.75) is 38.9 Å². The summed E-state index contributed by atoms with van der Waals surface area (Å²) in [6, 6.07) is 5.46. The second kappa shape index (κ2) is 6.24. The molecule has 0 aliphatic heterocycles. The Hall–Kier alpha value is -1.92. The molecule has 0 saturated heterocycles. The van der Waals surface area contributed by atoms with Gasteiger partial charge in [0.1, 0.15) is 11.3 Å². The number of imidazole rings is 1. The van der Waals surface area contributed by atoms with Crippen molar-refractivity contribution in [1.82, 2.24) is 9.55 Å². The molecule has 2 rings (SSSR count). The van der Waals surface area contributed by atoms with Crippen LogP contribution in [0, 0.1) is 0 Å². The molecule has 1 aromatic carbocycles. The molecule has 0 radical (unpaired) electrons. The topological polar surface area (TPSA) is 53.1 Å². The molecule has 0 spiro atoms. The van der Waals surface area contributed by atoms with Gasteiger partial charge in [-0.1, -0.05) is 6.07 Å². The number of aryl methyl sites for hydroxylation is 1. The van der Waals surface area contributed by atoms with Gasteiger partial charge < -0.3 is 15.0 Å². The largest absolute Gasteiger partial charge is 0.492 e. The maximum Gasteiger partial charge on any atom is 0.389 e. The molecule has 0 saturated carbocycles. The number of alkyl halides is 3. The quantitative estimate of drug-likeness (QED) is 0.827. The van der Waals surface area contributed by atoms with E-state index in [1.54, 1.807) is 10.6 Å². The molecule has 0 fully saturated rings. The summed E-state index contributed by atoms with van der Waals surface area (Å²) in [5, 5.41) is 0. The number of aromatic nitrogens is 2. The minimum absolute atomic E-state index is 0.0771. The highest BCUT2D eigenvalue weighted by Crippen LogP contribution is 2.28. The fraction of sp³-hybridized carbons (Fsp3) is 0.500. The van der Waals surface area contributed by atoms with Gasteiger partial charge in [-0.15, -0.1) is 0 Å². The van der Waals surface area contributed by atoms with Crippen LogP contribution in [-0.2, 0) is 6.54 Å². The SMILES string of the molecule is CCOc1cccc2c1nc(N)n2CCCCC(F)(F)F. The number of nitrogens with zero attached hydrogens (tertiary/aromatic N) is 2. The lowest BCUT2D eigenvalue weighted by atomic mass is 10.2. The van der Waals surface area contributed by atoms with Crippen molar-refractivity contribution in [2.24, 2.45) is 0 Å². The smallest absolute Gasteiger partial charge is 0.389 e. The zero-order valence-corrected chi connectivity index (χ0v) is 11.8. The molecule has 21 heavy (non-hydrogen) atoms. The normalized spacial score (nSPS) is 12.0. The van der Waals surface area contributed by atoms with E-state index in [1.807, 2.05) is 19.1 Å². The lowest BCUT2D eigenvalue weighted by molar-refractivity contribution is -0.135. The van der Waals surface area contributed by atoms with E-state index in [9.17, 15) is 13.2 Å². The van der Waals surface area contributed by atoms with E-state index in [-0.39, 0.29) is 6.42 Å². The highest BCUT2D eigenvalue weighted by Gasteiger charge is 2.26. The summed E-state index contributed by atoms with van der Waals surface area (Å²) in [5.74, 6) is 0.930. The molecule has 0 atom stereocenters. The van der Waals surface area contributed by atoms with Crippen molar-refractivity contribution in [3.05, 3.63) is 18.2 Å². The van der Waals surface area contributed by atoms with Gasteiger partial charge in [0.15, 0.2) is 0 Å². The minimum Gasteiger partial charge on any atom is -0.492 e. The maximum absolute atomic E-state index is 12.1. The number of fused-ring (bicyclic) bond motifs is 1. The molecule has 1 aromatic heterocycles. The summed E-state index contributed by atoms with van der Waals surface area (Å²) in [6.45, 7) is 2.79. The fourth-order valence-corrected chi connectivity index (χ4v) is 2.24. The van der Waals surface area contributed by atoms with Crippen LogP contribution in [0.4, 0.5) is 19.1 Å². The Bertz CT molecular complexity index is 607. The highest BCUT2D eigenvalue weighted by atomic mass is 19.4. The van der Waals surface area contributed by atoms with Crippen molar-refractivity contribution in [3.63, 3.8) is 0 Å². The first-order valence-electron chi connectivity index (χ1n) is 6.86. The molecule has 0 aliphatic rings. The number of anilines is 1. The average molecular weight is 301 g/mol. The Labute approximate surface area is 120 Å². The minimum atomic E-state index is -4.11. The van der Waals surface area contributed by atoms with Gasteiger partial charge in [-0.2, -0.15) is 13.2 Å². The van der Waals surface area contributed by atoms with Gasteiger partial charge in [-0.3, -0.25) is 0 Å². The van der Waals surface area contributed by atoms with Gasteiger partial charge in [0, 0.05) is 13.0 Å². The third kappa shape index (κ3) is 3.80. The van der Waals surface area contributed by atoms with Crippen LogP contribution in [0.1, 0.15) is 26.2 Å². The molecule has 4 nitrogen and oxygen atoms in total. The molecule has 2 N–H and O–H groups in total. The molecule has 0 bridgehead atoms. The number of para-hydroxylation sites is 1. The number of halogens is 3. The van der Waals surface area contributed by atoms with Crippen LogP contribution in [0.25, 0.3) is 11.0 Å². The number of nitrogens with two attached hydrogens (primary N) is 1. The molecule has 0 unspecified atom stereocenters. The Morgan fingerprint density at radius 1 is 1.29 bits per heavy atom. The lowest BCUT2D eigenvalue weighted by Gasteiger charge is -2.08. The molecule has 7 heteroatoms. The van der Waals surface area contributed by atoms with Crippen LogP contribution in [0.3, 0.4) is 0 Å². The first kappa shape index (κ1) is 15.5. The summed E-state index contributed by atoms with van der Waals surface area (Å²) in [5.41, 5.74) is 7.29. The molecular formula is C14H18F3N3O. The lowest BCUT2D eigenvalue weighted by Crippen LogP contribution is -2.08. The first-order chi connectivity index (χ1) is 9.92. The maximum atomic E-state index is 12.1. The Kier molecular flexibility index (Phi) is 4.59. The van der Waals surface area contributed by atoms with Crippen LogP contribution >= 0.6 is 0 Å². The van der Waals surface area contributed by atoms with Gasteiger partial charge in [0.2, 0.25) is 5.95 Å². The zero-order chi connectivity index (χ0) is 15.5. The van der Waals surface area contributed by atoms with E-state index in [0.717, 1.165) is 5.52 Å². The number of hydrogen-bond acceptors (Lipinski definition) is 3. The van der Waals surface area contributed by atoms with Gasteiger partial charge in [-0.25, -0.2) is 4.98 Å². The van der Waals surface area contributed by atoms with Crippen LogP contribution < -0.4 is 10.5 Å². The van der Waals surface area contributed by atoms with E-state index in [4.69, 9.17) is 10.5 Å². The predicted molar refractivity (Wildman–Crippen MR) is 75.2 cm³/mol. The van der Waals surface area contributed by atoms with Crippen LogP contribution in [0.2, 0.25) is 0 Å². The molecule has 0 amide bonds. The van der Waals surface area contributed by atoms with Crippen molar-refractivity contribution >= 4 is 17.0 Å². The van der Waals surface area contributed by atoms with E-state index in [1.165, 1.54) is 0 Å². The van der Waals surface area contributed by atoms with E-state index >= 15 is 0 Å². The zero-order valence-electron chi connectivity index (χ0n) is 11.8. The van der Waals surface area contributed by atoms with Gasteiger partial charge in [0.25, 0.3) is 0 Å². The summed E-state index contributed by atoms with van der Waals surface area (Å²) >= 11 is 0. The molecule has 1 heterocycles. The van der Waals surface area contributed by atoms with Crippen molar-refractivity contribution in [1.29, 1.82) is 0 Å². The summed E-state index contributed by atoms with van der Waals surface area (Å²) < 4.78 is 43.6. The van der Waals surface area contributed by atoms with Crippen LogP contribution in [0.15, 0.2) is 18.2 Å². The average Bonchev–Trinajstić information content (AvgIpc) is 2.71. The van der Waals surface area contributed by atoms with Gasteiger partial charge in [0.05, 0.1) is 12.1 Å². The third-order valence-electron chi connectivity index (χ3n) is 3.16. The number of unbranched alkanes of at least 4 members (excludes halogenated alkanes) is 1. The molecule has 2 aromatic rings. The first-order valence-corrected chi connectivity index (χ1v) is 6.86. The number of ether oxygens (including phenoxy) is 1. The number of nitrogen functional groups attached to an aromatic ring is 1. The van der Waals surface area contributed by atoms with Crippen LogP contribution in [-0.4, -0.2) is 22.3 Å². The standard InChI is InChI=1S/C14H18F3N3O/c1-2-21-11-7-5-6-10-12(11)19-13(18)20(10)9-4-3-8-14(15,16)17/h5-7H,2-4,8-9H2,1H3,(H2,18,19). The van der Waals surface area contributed by atoms with Crippen molar-refractivity contribution in [2.75, 3.05) is 12.3 Å². The van der Waals surface area contributed by atoms with Crippen molar-refractivity contribution < 1.29 is 17.9 Å². The molecule has 0 aliphatic carbocycles. The van der Waals surface area contributed by atoms with E-state index in [2.05, 4.69) is 4.98 Å². The fourth-order valence-electron chi connectivity index (χ4n) is 2.24. The van der Waals surface area contributed by atoms with Gasteiger partial charge in [-0.05, 0) is 31.9 Å². The van der Waals surface area contributed by atoms with Gasteiger partial charge >= 0.3 is 6.18 Å². The molecular weight excluding hydrogens is 283 g/mol. The second-order valence-electron chi connectivity index (χ2n) is 4.75. The molecule has 116 valence electrons. The number of rotatable bonds is 6. The number of hydrogen-bond donors (Lipinski definition) is 1. The second-order valence-corrected chi connectivity index (χ2v) is 4.75. The monoisotopic (exact) mass is 301 g/mol. The summed E-state index contributed by atoms with van der Waals surface area (Å²) in [4.78, 5) is 4.25. The number of benzene rings is 1.